The predicted molar refractivity (Wildman–Crippen MR) is 238 cm³/mol. The molecule has 2 nitrogen and oxygen atoms in total. The van der Waals surface area contributed by atoms with Gasteiger partial charge in [-0.25, -0.2) is 0 Å². The molecule has 0 aliphatic heterocycles. The topological polar surface area (TPSA) is 8.17 Å². The van der Waals surface area contributed by atoms with Gasteiger partial charge >= 0.3 is 0 Å². The fourth-order valence-electron chi connectivity index (χ4n) is 12.5. The average Bonchev–Trinajstić information content (AvgIpc) is 3.69. The maximum atomic E-state index is 2.50. The molecular weight excluding hydrogens is 689 g/mol. The van der Waals surface area contributed by atoms with E-state index in [4.69, 9.17) is 0 Å². The minimum Gasteiger partial charge on any atom is -0.310 e. The number of aromatic nitrogens is 1. The quantitative estimate of drug-likeness (QED) is 0.165. The van der Waals surface area contributed by atoms with Gasteiger partial charge in [-0.1, -0.05) is 117 Å². The zero-order chi connectivity index (χ0) is 37.9. The van der Waals surface area contributed by atoms with E-state index in [-0.39, 0.29) is 5.41 Å². The summed E-state index contributed by atoms with van der Waals surface area (Å²) in [7, 11) is 0. The van der Waals surface area contributed by atoms with Crippen molar-refractivity contribution in [3.05, 3.63) is 180 Å². The number of anilines is 3. The van der Waals surface area contributed by atoms with Gasteiger partial charge in [0.15, 0.2) is 0 Å². The van der Waals surface area contributed by atoms with E-state index in [9.17, 15) is 0 Å². The third-order valence-electron chi connectivity index (χ3n) is 14.7. The van der Waals surface area contributed by atoms with E-state index >= 15 is 0 Å². The Morgan fingerprint density at radius 1 is 0.474 bits per heavy atom. The van der Waals surface area contributed by atoms with Gasteiger partial charge in [0.2, 0.25) is 0 Å². The summed E-state index contributed by atoms with van der Waals surface area (Å²) in [6.45, 7) is 4.77. The van der Waals surface area contributed by atoms with Gasteiger partial charge in [0, 0.05) is 38.9 Å². The van der Waals surface area contributed by atoms with Crippen LogP contribution < -0.4 is 4.90 Å². The smallest absolute Gasteiger partial charge is 0.0541 e. The molecular formula is C55H48N2. The number of rotatable bonds is 6. The molecule has 278 valence electrons. The van der Waals surface area contributed by atoms with Crippen molar-refractivity contribution in [2.75, 3.05) is 4.90 Å². The summed E-state index contributed by atoms with van der Waals surface area (Å²) >= 11 is 0. The van der Waals surface area contributed by atoms with Crippen LogP contribution in [0.3, 0.4) is 0 Å². The van der Waals surface area contributed by atoms with E-state index in [2.05, 4.69) is 187 Å². The summed E-state index contributed by atoms with van der Waals surface area (Å²) in [6, 6.07) is 61.8. The molecule has 2 heteroatoms. The summed E-state index contributed by atoms with van der Waals surface area (Å²) in [5.41, 5.74) is 17.1. The molecule has 1 aromatic heterocycles. The second kappa shape index (κ2) is 12.3. The Hall–Kier alpha value is -5.86. The lowest BCUT2D eigenvalue weighted by atomic mass is 9.48. The highest BCUT2D eigenvalue weighted by Crippen LogP contribution is 2.61. The van der Waals surface area contributed by atoms with Gasteiger partial charge in [-0.15, -0.1) is 0 Å². The van der Waals surface area contributed by atoms with E-state index < -0.39 is 0 Å². The van der Waals surface area contributed by atoms with E-state index in [0.717, 1.165) is 17.8 Å². The summed E-state index contributed by atoms with van der Waals surface area (Å²) < 4.78 is 2.41. The fraction of sp³-hybridized carbons (Fsp3) is 0.236. The fourth-order valence-corrected chi connectivity index (χ4v) is 12.5. The molecule has 0 spiro atoms. The van der Waals surface area contributed by atoms with Gasteiger partial charge in [0.05, 0.1) is 11.0 Å². The van der Waals surface area contributed by atoms with Gasteiger partial charge in [-0.3, -0.25) is 0 Å². The van der Waals surface area contributed by atoms with Crippen LogP contribution in [-0.2, 0) is 10.8 Å². The third-order valence-corrected chi connectivity index (χ3v) is 14.7. The van der Waals surface area contributed by atoms with E-state index in [1.165, 1.54) is 116 Å². The Labute approximate surface area is 336 Å². The van der Waals surface area contributed by atoms with Crippen molar-refractivity contribution in [2.24, 2.45) is 17.8 Å². The van der Waals surface area contributed by atoms with Crippen molar-refractivity contribution >= 4 is 38.9 Å². The second-order valence-electron chi connectivity index (χ2n) is 18.4. The Bertz CT molecular complexity index is 2760. The lowest BCUT2D eigenvalue weighted by Gasteiger charge is -2.57. The SMILES string of the molecule is CC1(C)c2ccccc2-c2ccc(N(c3ccc(-c4cccc(-n5c6ccccc6c6ccccc65)c4)cc3)c3ccc(C45CC6CC(CC(C6)C4)C5)cc3)cc21. The average molecular weight is 737 g/mol. The maximum absolute atomic E-state index is 2.50. The zero-order valence-corrected chi connectivity index (χ0v) is 33.0. The van der Waals surface area contributed by atoms with Crippen LogP contribution in [0.15, 0.2) is 164 Å². The first-order valence-corrected chi connectivity index (χ1v) is 21.3. The lowest BCUT2D eigenvalue weighted by Crippen LogP contribution is -2.48. The van der Waals surface area contributed by atoms with Gasteiger partial charge < -0.3 is 9.47 Å². The molecule has 4 fully saturated rings. The van der Waals surface area contributed by atoms with Crippen molar-refractivity contribution < 1.29 is 0 Å². The predicted octanol–water partition coefficient (Wildman–Crippen LogP) is 14.7. The lowest BCUT2D eigenvalue weighted by molar-refractivity contribution is -0.00518. The van der Waals surface area contributed by atoms with Crippen LogP contribution >= 0.6 is 0 Å². The van der Waals surface area contributed by atoms with Crippen LogP contribution in [0.25, 0.3) is 49.7 Å². The molecule has 0 radical (unpaired) electrons. The molecule has 5 aliphatic carbocycles. The number of hydrogen-bond donors (Lipinski definition) is 0. The summed E-state index contributed by atoms with van der Waals surface area (Å²) in [6.07, 6.45) is 8.60. The highest BCUT2D eigenvalue weighted by atomic mass is 15.1. The van der Waals surface area contributed by atoms with Crippen LogP contribution in [0.2, 0.25) is 0 Å². The van der Waals surface area contributed by atoms with E-state index in [1.54, 1.807) is 5.56 Å². The Morgan fingerprint density at radius 3 is 1.70 bits per heavy atom. The minimum atomic E-state index is -0.0682. The number of nitrogens with zero attached hydrogens (tertiary/aromatic N) is 2. The van der Waals surface area contributed by atoms with Crippen molar-refractivity contribution in [2.45, 2.75) is 63.2 Å². The molecule has 57 heavy (non-hydrogen) atoms. The van der Waals surface area contributed by atoms with Crippen molar-refractivity contribution in [1.82, 2.24) is 4.57 Å². The molecule has 4 bridgehead atoms. The Kier molecular flexibility index (Phi) is 7.20. The molecule has 0 saturated heterocycles. The Balaban J connectivity index is 0.939. The highest BCUT2D eigenvalue weighted by Gasteiger charge is 2.51. The summed E-state index contributed by atoms with van der Waals surface area (Å²) in [4.78, 5) is 2.49. The van der Waals surface area contributed by atoms with Crippen molar-refractivity contribution in [1.29, 1.82) is 0 Å². The second-order valence-corrected chi connectivity index (χ2v) is 18.4. The van der Waals surface area contributed by atoms with Crippen LogP contribution in [0.5, 0.6) is 0 Å². The number of hydrogen-bond acceptors (Lipinski definition) is 1. The van der Waals surface area contributed by atoms with Crippen LogP contribution in [0.4, 0.5) is 17.1 Å². The van der Waals surface area contributed by atoms with Crippen LogP contribution in [0.1, 0.15) is 69.1 Å². The molecule has 0 amide bonds. The molecule has 8 aromatic rings. The first-order chi connectivity index (χ1) is 27.9. The molecule has 7 aromatic carbocycles. The van der Waals surface area contributed by atoms with Gasteiger partial charge in [0.1, 0.15) is 0 Å². The maximum Gasteiger partial charge on any atom is 0.0541 e. The molecule has 5 aliphatic rings. The summed E-state index contributed by atoms with van der Waals surface area (Å²) in [5.74, 6) is 2.81. The number of benzene rings is 7. The standard InChI is InChI=1S/C55H48N2/c1-54(2)50-15-6-3-12-46(50)47-27-26-45(32-51(47)54)56(43-24-20-41(21-25-43)55-33-36-28-37(34-55)30-38(29-36)35-55)42-22-18-39(19-23-42)40-10-9-11-44(31-40)57-52-16-7-4-13-48(52)49-14-5-8-17-53(49)57/h3-27,31-32,36-38H,28-30,33-35H2,1-2H3. The zero-order valence-electron chi connectivity index (χ0n) is 33.0. The normalized spacial score (nSPS) is 22.5. The van der Waals surface area contributed by atoms with E-state index in [1.807, 2.05) is 0 Å². The highest BCUT2D eigenvalue weighted by molar-refractivity contribution is 6.09. The van der Waals surface area contributed by atoms with Crippen LogP contribution in [0, 0.1) is 17.8 Å². The molecule has 0 unspecified atom stereocenters. The van der Waals surface area contributed by atoms with Crippen LogP contribution in [-0.4, -0.2) is 4.57 Å². The molecule has 0 atom stereocenters. The molecule has 1 heterocycles. The summed E-state index contributed by atoms with van der Waals surface area (Å²) in [5, 5.41) is 2.57. The van der Waals surface area contributed by atoms with Gasteiger partial charge in [-0.05, 0) is 161 Å². The molecule has 13 rings (SSSR count). The largest absolute Gasteiger partial charge is 0.310 e. The minimum absolute atomic E-state index is 0.0682. The van der Waals surface area contributed by atoms with Crippen molar-refractivity contribution in [3.63, 3.8) is 0 Å². The monoisotopic (exact) mass is 736 g/mol. The molecule has 4 saturated carbocycles. The van der Waals surface area contributed by atoms with E-state index in [0.29, 0.717) is 5.41 Å². The molecule has 0 N–H and O–H groups in total. The first-order valence-electron chi connectivity index (χ1n) is 21.3. The third kappa shape index (κ3) is 5.09. The van der Waals surface area contributed by atoms with Crippen molar-refractivity contribution in [3.8, 4) is 27.9 Å². The van der Waals surface area contributed by atoms with Gasteiger partial charge in [-0.2, -0.15) is 0 Å². The first kappa shape index (κ1) is 33.3. The Morgan fingerprint density at radius 2 is 1.04 bits per heavy atom. The number of fused-ring (bicyclic) bond motifs is 6. The number of para-hydroxylation sites is 2. The van der Waals surface area contributed by atoms with Gasteiger partial charge in [0.25, 0.3) is 0 Å².